The molecule has 42 heavy (non-hydrogen) atoms. The minimum atomic E-state index is -0.680. The monoisotopic (exact) mass is 602 g/mol. The van der Waals surface area contributed by atoms with Crippen LogP contribution in [0.1, 0.15) is 47.7 Å². The van der Waals surface area contributed by atoms with E-state index in [0.717, 1.165) is 33.6 Å². The number of carbonyl (C=O) groups is 1. The molecule has 1 aliphatic rings. The summed E-state index contributed by atoms with van der Waals surface area (Å²) in [7, 11) is 1.59. The van der Waals surface area contributed by atoms with Gasteiger partial charge in [0.25, 0.3) is 5.56 Å². The van der Waals surface area contributed by atoms with Gasteiger partial charge in [-0.15, -0.1) is 0 Å². The van der Waals surface area contributed by atoms with E-state index in [1.165, 1.54) is 11.3 Å². The zero-order valence-corrected chi connectivity index (χ0v) is 25.6. The van der Waals surface area contributed by atoms with Gasteiger partial charge in [-0.3, -0.25) is 9.36 Å². The highest BCUT2D eigenvalue weighted by Gasteiger charge is 2.33. The number of thiazole rings is 1. The lowest BCUT2D eigenvalue weighted by atomic mass is 9.96. The van der Waals surface area contributed by atoms with Crippen molar-refractivity contribution in [1.29, 1.82) is 0 Å². The first-order valence-electron chi connectivity index (χ1n) is 13.5. The van der Waals surface area contributed by atoms with E-state index in [0.29, 0.717) is 38.0 Å². The maximum Gasteiger partial charge on any atom is 0.338 e. The Bertz CT molecular complexity index is 1830. The van der Waals surface area contributed by atoms with Crippen LogP contribution in [0.25, 0.3) is 6.08 Å². The SMILES string of the molecule is CCOC(=O)C1=C(C)N=c2s/c(=C\c3cc(C)c(OCc4ccc(Cl)cc4)c(C)c3)c(=O)n2[C@@H]1c1ccc(OC)cc1. The van der Waals surface area contributed by atoms with Crippen molar-refractivity contribution >= 4 is 35.0 Å². The Morgan fingerprint density at radius 2 is 1.71 bits per heavy atom. The van der Waals surface area contributed by atoms with Crippen LogP contribution in [0, 0.1) is 13.8 Å². The van der Waals surface area contributed by atoms with E-state index >= 15 is 0 Å². The molecule has 9 heteroatoms. The summed E-state index contributed by atoms with van der Waals surface area (Å²) in [5.41, 5.74) is 5.20. The van der Waals surface area contributed by atoms with Gasteiger partial charge < -0.3 is 14.2 Å². The first-order valence-corrected chi connectivity index (χ1v) is 14.7. The average Bonchev–Trinajstić information content (AvgIpc) is 3.26. The summed E-state index contributed by atoms with van der Waals surface area (Å²) >= 11 is 7.29. The van der Waals surface area contributed by atoms with Crippen LogP contribution in [0.3, 0.4) is 0 Å². The minimum absolute atomic E-state index is 0.216. The topological polar surface area (TPSA) is 79.1 Å². The molecule has 0 spiro atoms. The van der Waals surface area contributed by atoms with Gasteiger partial charge in [0.1, 0.15) is 18.1 Å². The van der Waals surface area contributed by atoms with Gasteiger partial charge in [-0.25, -0.2) is 9.79 Å². The fraction of sp³-hybridized carbons (Fsp3) is 0.242. The highest BCUT2D eigenvalue weighted by Crippen LogP contribution is 2.32. The van der Waals surface area contributed by atoms with Crippen molar-refractivity contribution < 1.29 is 19.0 Å². The predicted molar refractivity (Wildman–Crippen MR) is 165 cm³/mol. The van der Waals surface area contributed by atoms with Crippen molar-refractivity contribution in [3.8, 4) is 11.5 Å². The maximum atomic E-state index is 13.9. The van der Waals surface area contributed by atoms with E-state index in [1.54, 1.807) is 25.5 Å². The molecule has 4 aromatic rings. The summed E-state index contributed by atoms with van der Waals surface area (Å²) in [5.74, 6) is 0.989. The number of rotatable bonds is 8. The smallest absolute Gasteiger partial charge is 0.338 e. The van der Waals surface area contributed by atoms with Gasteiger partial charge in [0.2, 0.25) is 0 Å². The van der Waals surface area contributed by atoms with Crippen LogP contribution >= 0.6 is 22.9 Å². The highest BCUT2D eigenvalue weighted by atomic mass is 35.5. The number of carbonyl (C=O) groups excluding carboxylic acids is 1. The van der Waals surface area contributed by atoms with Crippen LogP contribution in [0.4, 0.5) is 0 Å². The van der Waals surface area contributed by atoms with Crippen LogP contribution < -0.4 is 24.4 Å². The average molecular weight is 603 g/mol. The Morgan fingerprint density at radius 3 is 2.33 bits per heavy atom. The number of esters is 1. The van der Waals surface area contributed by atoms with Crippen molar-refractivity contribution in [3.63, 3.8) is 0 Å². The number of aryl methyl sites for hydroxylation is 2. The molecule has 1 atom stereocenters. The lowest BCUT2D eigenvalue weighted by molar-refractivity contribution is -0.139. The predicted octanol–water partition coefficient (Wildman–Crippen LogP) is 5.66. The summed E-state index contributed by atoms with van der Waals surface area (Å²) in [6.45, 7) is 8.14. The zero-order valence-electron chi connectivity index (χ0n) is 24.1. The van der Waals surface area contributed by atoms with Gasteiger partial charge in [0.15, 0.2) is 4.80 Å². The Labute approximate surface area is 253 Å². The maximum absolute atomic E-state index is 13.9. The van der Waals surface area contributed by atoms with E-state index in [2.05, 4.69) is 4.99 Å². The van der Waals surface area contributed by atoms with Crippen molar-refractivity contribution in [2.75, 3.05) is 13.7 Å². The number of hydrogen-bond donors (Lipinski definition) is 0. The third kappa shape index (κ3) is 5.91. The van der Waals surface area contributed by atoms with Gasteiger partial charge in [-0.05, 0) is 98.0 Å². The summed E-state index contributed by atoms with van der Waals surface area (Å²) in [5, 5.41) is 0.684. The Hall–Kier alpha value is -4.14. The molecule has 0 unspecified atom stereocenters. The number of benzene rings is 3. The van der Waals surface area contributed by atoms with Crippen LogP contribution in [0.15, 0.2) is 81.7 Å². The summed E-state index contributed by atoms with van der Waals surface area (Å²) in [4.78, 5) is 32.2. The van der Waals surface area contributed by atoms with Crippen molar-refractivity contribution in [2.24, 2.45) is 4.99 Å². The van der Waals surface area contributed by atoms with E-state index in [9.17, 15) is 9.59 Å². The van der Waals surface area contributed by atoms with E-state index in [-0.39, 0.29) is 12.2 Å². The summed E-state index contributed by atoms with van der Waals surface area (Å²) < 4.78 is 18.9. The second-order valence-corrected chi connectivity index (χ2v) is 11.4. The van der Waals surface area contributed by atoms with Gasteiger partial charge in [-0.2, -0.15) is 0 Å². The Kier molecular flexibility index (Phi) is 8.66. The fourth-order valence-electron chi connectivity index (χ4n) is 5.08. The molecular weight excluding hydrogens is 572 g/mol. The quantitative estimate of drug-likeness (QED) is 0.243. The molecule has 0 bridgehead atoms. The lowest BCUT2D eigenvalue weighted by Crippen LogP contribution is -2.39. The van der Waals surface area contributed by atoms with Gasteiger partial charge in [0, 0.05) is 5.02 Å². The van der Waals surface area contributed by atoms with Gasteiger partial charge >= 0.3 is 5.97 Å². The number of methoxy groups -OCH3 is 1. The van der Waals surface area contributed by atoms with Crippen molar-refractivity contribution in [2.45, 2.75) is 40.3 Å². The molecule has 0 N–H and O–H groups in total. The molecule has 0 saturated heterocycles. The number of aromatic nitrogens is 1. The number of fused-ring (bicyclic) bond motifs is 1. The Morgan fingerprint density at radius 1 is 1.05 bits per heavy atom. The second-order valence-electron chi connectivity index (χ2n) is 9.97. The zero-order chi connectivity index (χ0) is 30.0. The molecule has 0 aliphatic carbocycles. The normalized spacial score (nSPS) is 14.8. The van der Waals surface area contributed by atoms with Crippen LogP contribution in [0.5, 0.6) is 11.5 Å². The van der Waals surface area contributed by atoms with E-state index in [1.807, 2.05) is 80.6 Å². The largest absolute Gasteiger partial charge is 0.497 e. The van der Waals surface area contributed by atoms with Gasteiger partial charge in [-0.1, -0.05) is 47.2 Å². The lowest BCUT2D eigenvalue weighted by Gasteiger charge is -2.24. The summed E-state index contributed by atoms with van der Waals surface area (Å²) in [6.07, 6.45) is 1.86. The molecule has 7 nitrogen and oxygen atoms in total. The van der Waals surface area contributed by atoms with Crippen LogP contribution in [0.2, 0.25) is 5.02 Å². The first-order chi connectivity index (χ1) is 20.2. The molecule has 0 amide bonds. The third-order valence-corrected chi connectivity index (χ3v) is 8.26. The molecule has 0 radical (unpaired) electrons. The molecule has 2 heterocycles. The fourth-order valence-corrected chi connectivity index (χ4v) is 6.25. The second kappa shape index (κ2) is 12.4. The molecular formula is C33H31ClN2O5S. The molecule has 0 fully saturated rings. The summed E-state index contributed by atoms with van der Waals surface area (Å²) in [6, 6.07) is 18.2. The highest BCUT2D eigenvalue weighted by molar-refractivity contribution is 7.07. The molecule has 5 rings (SSSR count). The number of ether oxygens (including phenoxy) is 3. The molecule has 0 saturated carbocycles. The van der Waals surface area contributed by atoms with Crippen LogP contribution in [-0.2, 0) is 16.1 Å². The number of hydrogen-bond acceptors (Lipinski definition) is 7. The Balaban J connectivity index is 1.54. The van der Waals surface area contributed by atoms with E-state index < -0.39 is 12.0 Å². The van der Waals surface area contributed by atoms with E-state index in [4.69, 9.17) is 25.8 Å². The van der Waals surface area contributed by atoms with Crippen LogP contribution in [-0.4, -0.2) is 24.3 Å². The minimum Gasteiger partial charge on any atom is -0.497 e. The van der Waals surface area contributed by atoms with Gasteiger partial charge in [0.05, 0.1) is 35.6 Å². The third-order valence-electron chi connectivity index (χ3n) is 7.03. The number of allylic oxidation sites excluding steroid dienone is 1. The molecule has 1 aromatic heterocycles. The van der Waals surface area contributed by atoms with Crippen molar-refractivity contribution in [1.82, 2.24) is 4.57 Å². The number of halogens is 1. The number of nitrogens with zero attached hydrogens (tertiary/aromatic N) is 2. The molecule has 216 valence electrons. The molecule has 3 aromatic carbocycles. The first kappa shape index (κ1) is 29.4. The molecule has 1 aliphatic heterocycles. The van der Waals surface area contributed by atoms with Crippen molar-refractivity contribution in [3.05, 3.63) is 124 Å². The standard InChI is InChI=1S/C33H31ClN2O5S/c1-6-40-32(38)28-21(4)35-33-36(29(28)24-9-13-26(39-5)14-10-24)31(37)27(42-33)17-23-15-19(2)30(20(3)16-23)41-18-22-7-11-25(34)12-8-22/h7-17,29H,6,18H2,1-5H3/b27-17-/t29-/m1/s1.